The summed E-state index contributed by atoms with van der Waals surface area (Å²) in [6.45, 7) is 0. The third-order valence-corrected chi connectivity index (χ3v) is 6.48. The first kappa shape index (κ1) is 23.3. The minimum atomic E-state index is 0.590. The number of ether oxygens (including phenoxy) is 4. The number of pyridine rings is 1. The fraction of sp³-hybridized carbons (Fsp3) is 0.167. The van der Waals surface area contributed by atoms with Crippen molar-refractivity contribution < 1.29 is 18.9 Å². The van der Waals surface area contributed by atoms with Gasteiger partial charge >= 0.3 is 0 Å². The standard InChI is InChI=1S/C30H28N2O4/c1-32-27-12-8-20(21-9-13-28(36-5)31-18-21)16-26(27)29(19-6-10-23(33-2)11-7-19)30(32)22-14-24(34-3)17-25(15-22)35-4/h6-18H,1-5H3. The molecule has 0 saturated heterocycles. The monoisotopic (exact) mass is 480 g/mol. The summed E-state index contributed by atoms with van der Waals surface area (Å²) in [7, 11) is 8.72. The lowest BCUT2D eigenvalue weighted by atomic mass is 9.96. The van der Waals surface area contributed by atoms with Crippen LogP contribution in [-0.4, -0.2) is 38.0 Å². The fourth-order valence-electron chi connectivity index (χ4n) is 4.63. The molecule has 0 unspecified atom stereocenters. The van der Waals surface area contributed by atoms with Crippen molar-refractivity contribution in [1.29, 1.82) is 0 Å². The number of aryl methyl sites for hydroxylation is 1. The Hall–Kier alpha value is -4.45. The topological polar surface area (TPSA) is 54.7 Å². The Balaban J connectivity index is 1.79. The molecule has 182 valence electrons. The van der Waals surface area contributed by atoms with Gasteiger partial charge in [0.1, 0.15) is 17.2 Å². The zero-order valence-corrected chi connectivity index (χ0v) is 21.0. The smallest absolute Gasteiger partial charge is 0.212 e. The number of fused-ring (bicyclic) bond motifs is 1. The van der Waals surface area contributed by atoms with Gasteiger partial charge in [-0.05, 0) is 53.6 Å². The van der Waals surface area contributed by atoms with Crippen LogP contribution in [0.25, 0.3) is 44.4 Å². The third-order valence-electron chi connectivity index (χ3n) is 6.48. The van der Waals surface area contributed by atoms with Crippen LogP contribution in [0.3, 0.4) is 0 Å². The number of aromatic nitrogens is 2. The summed E-state index contributed by atoms with van der Waals surface area (Å²) in [6, 6.07) is 24.5. The molecule has 0 saturated carbocycles. The van der Waals surface area contributed by atoms with Crippen molar-refractivity contribution >= 4 is 10.9 Å². The normalized spacial score (nSPS) is 10.9. The van der Waals surface area contributed by atoms with Crippen molar-refractivity contribution in [2.45, 2.75) is 0 Å². The van der Waals surface area contributed by atoms with Crippen molar-refractivity contribution in [2.24, 2.45) is 7.05 Å². The van der Waals surface area contributed by atoms with Crippen LogP contribution in [0, 0.1) is 0 Å². The number of benzene rings is 3. The van der Waals surface area contributed by atoms with Gasteiger partial charge in [0.05, 0.1) is 34.1 Å². The fourth-order valence-corrected chi connectivity index (χ4v) is 4.63. The number of methoxy groups -OCH3 is 4. The Morgan fingerprint density at radius 3 is 1.81 bits per heavy atom. The Kier molecular flexibility index (Phi) is 6.25. The molecule has 0 radical (unpaired) electrons. The van der Waals surface area contributed by atoms with Gasteiger partial charge in [0.15, 0.2) is 0 Å². The summed E-state index contributed by atoms with van der Waals surface area (Å²) in [5, 5.41) is 1.13. The maximum atomic E-state index is 5.58. The molecular weight excluding hydrogens is 452 g/mol. The molecule has 0 aliphatic rings. The van der Waals surface area contributed by atoms with Crippen LogP contribution >= 0.6 is 0 Å². The van der Waals surface area contributed by atoms with Gasteiger partial charge < -0.3 is 23.5 Å². The first-order valence-corrected chi connectivity index (χ1v) is 11.6. The van der Waals surface area contributed by atoms with Gasteiger partial charge in [-0.15, -0.1) is 0 Å². The van der Waals surface area contributed by atoms with Crippen molar-refractivity contribution in [3.8, 4) is 56.6 Å². The highest BCUT2D eigenvalue weighted by Crippen LogP contribution is 2.43. The molecule has 0 aliphatic carbocycles. The molecule has 5 rings (SSSR count). The average Bonchev–Trinajstić information content (AvgIpc) is 3.24. The summed E-state index contributed by atoms with van der Waals surface area (Å²) >= 11 is 0. The predicted octanol–water partition coefficient (Wildman–Crippen LogP) is 6.61. The van der Waals surface area contributed by atoms with E-state index in [4.69, 9.17) is 18.9 Å². The SMILES string of the molecule is COc1ccc(-c2c(-c3cc(OC)cc(OC)c3)n(C)c3ccc(-c4ccc(OC)nc4)cc23)cc1. The predicted molar refractivity (Wildman–Crippen MR) is 143 cm³/mol. The summed E-state index contributed by atoms with van der Waals surface area (Å²) in [4.78, 5) is 4.39. The van der Waals surface area contributed by atoms with Crippen LogP contribution in [0.5, 0.6) is 23.1 Å². The number of rotatable bonds is 7. The third kappa shape index (κ3) is 4.11. The quantitative estimate of drug-likeness (QED) is 0.262. The second-order valence-electron chi connectivity index (χ2n) is 8.43. The van der Waals surface area contributed by atoms with Crippen LogP contribution in [0.4, 0.5) is 0 Å². The molecule has 0 amide bonds. The van der Waals surface area contributed by atoms with Crippen LogP contribution in [0.15, 0.2) is 79.0 Å². The minimum absolute atomic E-state index is 0.590. The van der Waals surface area contributed by atoms with E-state index in [2.05, 4.69) is 46.9 Å². The van der Waals surface area contributed by atoms with Crippen molar-refractivity contribution in [2.75, 3.05) is 28.4 Å². The zero-order chi connectivity index (χ0) is 25.2. The van der Waals surface area contributed by atoms with Gasteiger partial charge in [0.25, 0.3) is 0 Å². The highest BCUT2D eigenvalue weighted by molar-refractivity contribution is 6.06. The van der Waals surface area contributed by atoms with Gasteiger partial charge in [-0.2, -0.15) is 0 Å². The Labute approximate surface area is 210 Å². The molecule has 0 bridgehead atoms. The molecule has 5 aromatic rings. The molecular formula is C30H28N2O4. The molecule has 0 spiro atoms. The van der Waals surface area contributed by atoms with Gasteiger partial charge in [0, 0.05) is 53.0 Å². The van der Waals surface area contributed by atoms with E-state index in [-0.39, 0.29) is 0 Å². The maximum absolute atomic E-state index is 5.58. The summed E-state index contributed by atoms with van der Waals surface area (Å²) in [5.74, 6) is 2.88. The summed E-state index contributed by atoms with van der Waals surface area (Å²) < 4.78 is 24.0. The van der Waals surface area contributed by atoms with Gasteiger partial charge in [-0.25, -0.2) is 4.98 Å². The lowest BCUT2D eigenvalue weighted by molar-refractivity contribution is 0.394. The maximum Gasteiger partial charge on any atom is 0.212 e. The molecule has 6 nitrogen and oxygen atoms in total. The first-order chi connectivity index (χ1) is 17.6. The Bertz CT molecular complexity index is 1500. The van der Waals surface area contributed by atoms with E-state index >= 15 is 0 Å². The molecule has 3 aromatic carbocycles. The lowest BCUT2D eigenvalue weighted by Crippen LogP contribution is -1.95. The second kappa shape index (κ2) is 9.66. The molecule has 0 atom stereocenters. The molecule has 0 aliphatic heterocycles. The molecule has 2 aromatic heterocycles. The van der Waals surface area contributed by atoms with E-state index < -0.39 is 0 Å². The van der Waals surface area contributed by atoms with Crippen molar-refractivity contribution in [1.82, 2.24) is 9.55 Å². The number of nitrogens with zero attached hydrogens (tertiary/aromatic N) is 2. The summed E-state index contributed by atoms with van der Waals surface area (Å²) in [5.41, 5.74) is 7.49. The number of hydrogen-bond donors (Lipinski definition) is 0. The van der Waals surface area contributed by atoms with Crippen molar-refractivity contribution in [3.63, 3.8) is 0 Å². The van der Waals surface area contributed by atoms with E-state index in [1.807, 2.05) is 48.7 Å². The average molecular weight is 481 g/mol. The van der Waals surface area contributed by atoms with Crippen molar-refractivity contribution in [3.05, 3.63) is 79.0 Å². The highest BCUT2D eigenvalue weighted by Gasteiger charge is 2.20. The van der Waals surface area contributed by atoms with Gasteiger partial charge in [-0.1, -0.05) is 18.2 Å². The summed E-state index contributed by atoms with van der Waals surface area (Å²) in [6.07, 6.45) is 1.84. The van der Waals surface area contributed by atoms with E-state index in [0.717, 1.165) is 61.7 Å². The van der Waals surface area contributed by atoms with E-state index in [0.29, 0.717) is 5.88 Å². The molecule has 2 heterocycles. The van der Waals surface area contributed by atoms with E-state index in [9.17, 15) is 0 Å². The highest BCUT2D eigenvalue weighted by atomic mass is 16.5. The molecule has 36 heavy (non-hydrogen) atoms. The molecule has 6 heteroatoms. The van der Waals surface area contributed by atoms with Crippen LogP contribution in [0.2, 0.25) is 0 Å². The molecule has 0 N–H and O–H groups in total. The lowest BCUT2D eigenvalue weighted by Gasteiger charge is -2.13. The Morgan fingerprint density at radius 2 is 1.22 bits per heavy atom. The molecule has 0 fully saturated rings. The largest absolute Gasteiger partial charge is 0.497 e. The van der Waals surface area contributed by atoms with E-state index in [1.165, 1.54) is 0 Å². The number of hydrogen-bond acceptors (Lipinski definition) is 5. The van der Waals surface area contributed by atoms with E-state index in [1.54, 1.807) is 28.4 Å². The zero-order valence-electron chi connectivity index (χ0n) is 21.0. The van der Waals surface area contributed by atoms with Crippen LogP contribution in [-0.2, 0) is 7.05 Å². The Morgan fingerprint density at radius 1 is 0.583 bits per heavy atom. The van der Waals surface area contributed by atoms with Crippen LogP contribution in [0.1, 0.15) is 0 Å². The van der Waals surface area contributed by atoms with Gasteiger partial charge in [-0.3, -0.25) is 0 Å². The minimum Gasteiger partial charge on any atom is -0.497 e. The first-order valence-electron chi connectivity index (χ1n) is 11.6. The van der Waals surface area contributed by atoms with Crippen LogP contribution < -0.4 is 18.9 Å². The second-order valence-corrected chi connectivity index (χ2v) is 8.43. The van der Waals surface area contributed by atoms with Gasteiger partial charge in [0.2, 0.25) is 5.88 Å².